The molecule has 1 aromatic carbocycles. The zero-order chi connectivity index (χ0) is 14.8. The molecule has 110 valence electrons. The van der Waals surface area contributed by atoms with Crippen LogP contribution in [-0.4, -0.2) is 12.9 Å². The smallest absolute Gasteiger partial charge is 0.178 e. The average molecular weight is 302 g/mol. The van der Waals surface area contributed by atoms with E-state index in [1.54, 1.807) is 7.11 Å². The van der Waals surface area contributed by atoms with E-state index in [1.165, 1.54) is 16.9 Å². The largest absolute Gasteiger partial charge is 0.492 e. The molecule has 1 saturated carbocycles. The van der Waals surface area contributed by atoms with Gasteiger partial charge in [0.15, 0.2) is 11.5 Å². The van der Waals surface area contributed by atoms with Crippen molar-refractivity contribution in [2.45, 2.75) is 19.4 Å². The third-order valence-electron chi connectivity index (χ3n) is 3.57. The fraction of sp³-hybridized carbons (Fsp3) is 0.312. The highest BCUT2D eigenvalue weighted by atomic mass is 32.1. The van der Waals surface area contributed by atoms with Crippen LogP contribution in [0.3, 0.4) is 0 Å². The summed E-state index contributed by atoms with van der Waals surface area (Å²) in [6, 6.07) is 10.1. The van der Waals surface area contributed by atoms with Crippen molar-refractivity contribution in [3.05, 3.63) is 40.8 Å². The zero-order valence-electron chi connectivity index (χ0n) is 11.9. The van der Waals surface area contributed by atoms with Gasteiger partial charge in [-0.1, -0.05) is 30.3 Å². The van der Waals surface area contributed by atoms with Crippen LogP contribution < -0.4 is 15.8 Å². The highest BCUT2D eigenvalue weighted by Crippen LogP contribution is 2.46. The first-order valence-electron chi connectivity index (χ1n) is 6.99. The first kappa shape index (κ1) is 13.9. The number of carbonyl (C=O) groups is 1. The van der Waals surface area contributed by atoms with Crippen LogP contribution in [0.2, 0.25) is 0 Å². The molecule has 3 rings (SSSR count). The molecule has 4 nitrogen and oxygen atoms in total. The number of nitrogens with two attached hydrogens (primary N) is 1. The monoisotopic (exact) mass is 302 g/mol. The number of nitrogens with one attached hydrogen (secondary N) is 1. The molecule has 0 atom stereocenters. The van der Waals surface area contributed by atoms with E-state index >= 15 is 0 Å². The van der Waals surface area contributed by atoms with E-state index < -0.39 is 0 Å². The highest BCUT2D eigenvalue weighted by molar-refractivity contribution is 7.19. The lowest BCUT2D eigenvalue weighted by molar-refractivity contribution is 0.0972. The number of Topliss-reactive ketones (excluding diaryl/α,β-unsaturated/α-hetero) is 1. The molecule has 1 aliphatic rings. The van der Waals surface area contributed by atoms with Gasteiger partial charge in [-0.25, -0.2) is 0 Å². The summed E-state index contributed by atoms with van der Waals surface area (Å²) in [5, 5.41) is 4.14. The molecule has 1 fully saturated rings. The van der Waals surface area contributed by atoms with Crippen molar-refractivity contribution < 1.29 is 9.53 Å². The van der Waals surface area contributed by atoms with Crippen molar-refractivity contribution in [1.82, 2.24) is 0 Å². The Balaban J connectivity index is 1.80. The summed E-state index contributed by atoms with van der Waals surface area (Å²) < 4.78 is 5.37. The van der Waals surface area contributed by atoms with Crippen LogP contribution in [0.4, 0.5) is 10.7 Å². The van der Waals surface area contributed by atoms with E-state index in [4.69, 9.17) is 10.5 Å². The van der Waals surface area contributed by atoms with Crippen molar-refractivity contribution in [2.24, 2.45) is 5.92 Å². The minimum absolute atomic E-state index is 0.156. The molecule has 0 amide bonds. The van der Waals surface area contributed by atoms with Gasteiger partial charge in [0.25, 0.3) is 0 Å². The quantitative estimate of drug-likeness (QED) is 0.801. The number of thiophene rings is 1. The molecule has 0 aliphatic heterocycles. The lowest BCUT2D eigenvalue weighted by atomic mass is 10.2. The topological polar surface area (TPSA) is 64.3 Å². The number of nitrogen functional groups attached to an aromatic ring is 1. The van der Waals surface area contributed by atoms with Gasteiger partial charge in [-0.2, -0.15) is 0 Å². The summed E-state index contributed by atoms with van der Waals surface area (Å²) in [6.07, 6.45) is 1.95. The SMILES string of the molecule is COc1c(NCc2ccccc2)sc(C(=O)C2CC2)c1N. The Bertz CT molecular complexity index is 648. The second-order valence-electron chi connectivity index (χ2n) is 5.18. The molecule has 0 radical (unpaired) electrons. The second-order valence-corrected chi connectivity index (χ2v) is 6.21. The lowest BCUT2D eigenvalue weighted by Crippen LogP contribution is -2.02. The normalized spacial score (nSPS) is 14.0. The van der Waals surface area contributed by atoms with Crippen LogP contribution in [0.15, 0.2) is 30.3 Å². The number of anilines is 2. The van der Waals surface area contributed by atoms with Gasteiger partial charge in [0.05, 0.1) is 17.7 Å². The maximum absolute atomic E-state index is 12.2. The fourth-order valence-electron chi connectivity index (χ4n) is 2.24. The predicted octanol–water partition coefficient (Wildman–Crippen LogP) is 3.54. The van der Waals surface area contributed by atoms with Crippen molar-refractivity contribution >= 4 is 27.8 Å². The van der Waals surface area contributed by atoms with Gasteiger partial charge < -0.3 is 15.8 Å². The molecule has 1 heterocycles. The Kier molecular flexibility index (Phi) is 3.84. The molecule has 0 spiro atoms. The first-order chi connectivity index (χ1) is 10.2. The summed E-state index contributed by atoms with van der Waals surface area (Å²) in [5.41, 5.74) is 7.71. The van der Waals surface area contributed by atoms with Crippen molar-refractivity contribution in [3.63, 3.8) is 0 Å². The number of hydrogen-bond acceptors (Lipinski definition) is 5. The van der Waals surface area contributed by atoms with E-state index in [2.05, 4.69) is 5.32 Å². The summed E-state index contributed by atoms with van der Waals surface area (Å²) in [4.78, 5) is 12.9. The minimum atomic E-state index is 0.156. The Morgan fingerprint density at radius 1 is 1.38 bits per heavy atom. The number of ketones is 1. The zero-order valence-corrected chi connectivity index (χ0v) is 12.7. The standard InChI is InChI=1S/C16H18N2O2S/c1-20-14-12(17)15(13(19)11-7-8-11)21-16(14)18-9-10-5-3-2-4-6-10/h2-6,11,18H,7-9,17H2,1H3. The van der Waals surface area contributed by atoms with E-state index in [1.807, 2.05) is 30.3 Å². The molecule has 21 heavy (non-hydrogen) atoms. The third kappa shape index (κ3) is 2.88. The summed E-state index contributed by atoms with van der Waals surface area (Å²) in [5.74, 6) is 0.904. The van der Waals surface area contributed by atoms with E-state index in [9.17, 15) is 4.79 Å². The maximum Gasteiger partial charge on any atom is 0.178 e. The highest BCUT2D eigenvalue weighted by Gasteiger charge is 2.34. The number of carbonyl (C=O) groups excluding carboxylic acids is 1. The maximum atomic E-state index is 12.2. The number of rotatable bonds is 6. The molecular weight excluding hydrogens is 284 g/mol. The van der Waals surface area contributed by atoms with E-state index in [0.29, 0.717) is 22.9 Å². The van der Waals surface area contributed by atoms with Crippen LogP contribution in [-0.2, 0) is 6.54 Å². The van der Waals surface area contributed by atoms with Gasteiger partial charge in [0, 0.05) is 12.5 Å². The Hall–Kier alpha value is -2.01. The predicted molar refractivity (Wildman–Crippen MR) is 86.1 cm³/mol. The summed E-state index contributed by atoms with van der Waals surface area (Å²) >= 11 is 1.40. The Morgan fingerprint density at radius 2 is 2.10 bits per heavy atom. The molecular formula is C16H18N2O2S. The minimum Gasteiger partial charge on any atom is -0.492 e. The van der Waals surface area contributed by atoms with Gasteiger partial charge in [-0.15, -0.1) is 11.3 Å². The molecule has 2 aromatic rings. The lowest BCUT2D eigenvalue weighted by Gasteiger charge is -2.06. The fourth-order valence-corrected chi connectivity index (χ4v) is 3.34. The molecule has 1 aliphatic carbocycles. The molecule has 0 saturated heterocycles. The first-order valence-corrected chi connectivity index (χ1v) is 7.80. The van der Waals surface area contributed by atoms with Crippen LogP contribution in [0.5, 0.6) is 5.75 Å². The molecule has 0 unspecified atom stereocenters. The Labute approximate surface area is 127 Å². The Morgan fingerprint density at radius 3 is 2.71 bits per heavy atom. The van der Waals surface area contributed by atoms with Crippen LogP contribution >= 0.6 is 11.3 Å². The van der Waals surface area contributed by atoms with E-state index in [-0.39, 0.29) is 11.7 Å². The van der Waals surface area contributed by atoms with Gasteiger partial charge in [-0.3, -0.25) is 4.79 Å². The van der Waals surface area contributed by atoms with Gasteiger partial charge in [-0.05, 0) is 18.4 Å². The van der Waals surface area contributed by atoms with E-state index in [0.717, 1.165) is 17.8 Å². The van der Waals surface area contributed by atoms with Crippen LogP contribution in [0.25, 0.3) is 0 Å². The number of benzene rings is 1. The van der Waals surface area contributed by atoms with Crippen molar-refractivity contribution in [1.29, 1.82) is 0 Å². The summed E-state index contributed by atoms with van der Waals surface area (Å²) in [7, 11) is 1.58. The van der Waals surface area contributed by atoms with Gasteiger partial charge in [0.2, 0.25) is 0 Å². The average Bonchev–Trinajstić information content (AvgIpc) is 3.30. The summed E-state index contributed by atoms with van der Waals surface area (Å²) in [6.45, 7) is 0.675. The van der Waals surface area contributed by atoms with Crippen molar-refractivity contribution in [2.75, 3.05) is 18.2 Å². The number of methoxy groups -OCH3 is 1. The molecule has 0 bridgehead atoms. The van der Waals surface area contributed by atoms with Gasteiger partial charge >= 0.3 is 0 Å². The number of hydrogen-bond donors (Lipinski definition) is 2. The molecule has 5 heteroatoms. The molecule has 3 N–H and O–H groups in total. The van der Waals surface area contributed by atoms with Crippen LogP contribution in [0, 0.1) is 5.92 Å². The molecule has 1 aromatic heterocycles. The third-order valence-corrected chi connectivity index (χ3v) is 4.73. The van der Waals surface area contributed by atoms with Gasteiger partial charge in [0.1, 0.15) is 5.00 Å². The second kappa shape index (κ2) is 5.77. The van der Waals surface area contributed by atoms with Crippen molar-refractivity contribution in [3.8, 4) is 5.75 Å². The number of ether oxygens (including phenoxy) is 1. The van der Waals surface area contributed by atoms with Crippen LogP contribution in [0.1, 0.15) is 28.1 Å².